The van der Waals surface area contributed by atoms with Gasteiger partial charge in [-0.25, -0.2) is 0 Å². The van der Waals surface area contributed by atoms with Gasteiger partial charge in [0.05, 0.1) is 15.4 Å². The highest BCUT2D eigenvalue weighted by atomic mass is 32.2. The molecule has 0 saturated carbocycles. The highest BCUT2D eigenvalue weighted by Crippen LogP contribution is 2.34. The van der Waals surface area contributed by atoms with E-state index in [0.717, 1.165) is 26.4 Å². The van der Waals surface area contributed by atoms with Crippen LogP contribution < -0.4 is 0 Å². The summed E-state index contributed by atoms with van der Waals surface area (Å²) in [4.78, 5) is 3.81. The summed E-state index contributed by atoms with van der Waals surface area (Å²) >= 11 is 5.82. The number of hydrogen-bond acceptors (Lipinski definition) is 2. The van der Waals surface area contributed by atoms with E-state index < -0.39 is 0 Å². The van der Waals surface area contributed by atoms with E-state index in [1.165, 1.54) is 14.7 Å². The lowest BCUT2D eigenvalue weighted by atomic mass is 10.1. The van der Waals surface area contributed by atoms with E-state index in [4.69, 9.17) is 16.6 Å². The lowest BCUT2D eigenvalue weighted by Gasteiger charge is -2.09. The van der Waals surface area contributed by atoms with Crippen LogP contribution in [0.15, 0.2) is 122 Å². The molecule has 3 heteroatoms. The van der Waals surface area contributed by atoms with Crippen LogP contribution in [0.1, 0.15) is 0 Å². The zero-order valence-electron chi connectivity index (χ0n) is 15.0. The smallest absolute Gasteiger partial charge is 0.167 e. The molecule has 5 aromatic rings. The first kappa shape index (κ1) is 17.2. The normalized spacial score (nSPS) is 11.3. The summed E-state index contributed by atoms with van der Waals surface area (Å²) in [5.74, 6) is 0. The second-order valence-electron chi connectivity index (χ2n) is 6.52. The third-order valence-corrected chi connectivity index (χ3v) is 7.39. The zero-order chi connectivity index (χ0) is 18.9. The Kier molecular flexibility index (Phi) is 4.47. The SMILES string of the molecule is S=c1c2ccccc2oc2ccc([S+](c3ccccc3)c3ccccc3)cc12. The molecule has 0 unspecified atom stereocenters. The Bertz CT molecular complexity index is 1290. The molecule has 1 aromatic heterocycles. The Morgan fingerprint density at radius 2 is 1.11 bits per heavy atom. The molecule has 1 nitrogen and oxygen atoms in total. The van der Waals surface area contributed by atoms with Crippen LogP contribution in [0.5, 0.6) is 0 Å². The summed E-state index contributed by atoms with van der Waals surface area (Å²) in [7, 11) is -0.201. The number of rotatable bonds is 3. The van der Waals surface area contributed by atoms with Crippen LogP contribution >= 0.6 is 12.2 Å². The number of para-hydroxylation sites is 1. The number of hydrogen-bond donors (Lipinski definition) is 0. The minimum Gasteiger partial charge on any atom is -0.456 e. The first-order valence-electron chi connectivity index (χ1n) is 9.11. The summed E-state index contributed by atoms with van der Waals surface area (Å²) in [6, 6.07) is 35.7. The van der Waals surface area contributed by atoms with Gasteiger partial charge in [-0.2, -0.15) is 0 Å². The van der Waals surface area contributed by atoms with E-state index in [0.29, 0.717) is 0 Å². The van der Waals surface area contributed by atoms with Crippen LogP contribution in [0.2, 0.25) is 0 Å². The van der Waals surface area contributed by atoms with Crippen molar-refractivity contribution in [1.82, 2.24) is 0 Å². The second-order valence-corrected chi connectivity index (χ2v) is 8.95. The van der Waals surface area contributed by atoms with Gasteiger partial charge in [0.1, 0.15) is 11.2 Å². The van der Waals surface area contributed by atoms with Gasteiger partial charge in [0.2, 0.25) is 0 Å². The maximum absolute atomic E-state index is 6.11. The van der Waals surface area contributed by atoms with Gasteiger partial charge in [-0.3, -0.25) is 0 Å². The van der Waals surface area contributed by atoms with Crippen molar-refractivity contribution < 1.29 is 4.42 Å². The summed E-state index contributed by atoms with van der Waals surface area (Å²) in [6.07, 6.45) is 0. The number of benzene rings is 4. The van der Waals surface area contributed by atoms with Gasteiger partial charge in [-0.1, -0.05) is 60.7 Å². The predicted octanol–water partition coefficient (Wildman–Crippen LogP) is 7.41. The molecule has 0 atom stereocenters. The molecule has 0 spiro atoms. The van der Waals surface area contributed by atoms with Crippen molar-refractivity contribution in [1.29, 1.82) is 0 Å². The molecular formula is C25H17OS2+. The molecule has 4 aromatic carbocycles. The third-order valence-electron chi connectivity index (χ3n) is 4.74. The fraction of sp³-hybridized carbons (Fsp3) is 0. The average molecular weight is 398 g/mol. The molecule has 0 N–H and O–H groups in total. The second kappa shape index (κ2) is 7.27. The van der Waals surface area contributed by atoms with Crippen molar-refractivity contribution in [3.63, 3.8) is 0 Å². The molecule has 0 aliphatic rings. The topological polar surface area (TPSA) is 13.1 Å². The standard InChI is InChI=1S/C25H17OS2/c27-25-21-13-7-8-14-23(21)26-24-16-15-20(17-22(24)25)28(18-9-3-1-4-10-18)19-11-5-2-6-12-19/h1-17H/q+1. The molecule has 134 valence electrons. The monoisotopic (exact) mass is 397 g/mol. The summed E-state index contributed by atoms with van der Waals surface area (Å²) in [6.45, 7) is 0. The van der Waals surface area contributed by atoms with Crippen molar-refractivity contribution in [2.24, 2.45) is 0 Å². The van der Waals surface area contributed by atoms with Gasteiger partial charge in [-0.05, 0) is 48.5 Å². The van der Waals surface area contributed by atoms with E-state index in [-0.39, 0.29) is 10.9 Å². The van der Waals surface area contributed by atoms with Crippen molar-refractivity contribution in [2.75, 3.05) is 0 Å². The lowest BCUT2D eigenvalue weighted by Crippen LogP contribution is -2.04. The van der Waals surface area contributed by atoms with E-state index in [1.807, 2.05) is 24.3 Å². The Morgan fingerprint density at radius 3 is 1.79 bits per heavy atom. The van der Waals surface area contributed by atoms with Crippen molar-refractivity contribution in [2.45, 2.75) is 14.7 Å². The lowest BCUT2D eigenvalue weighted by molar-refractivity contribution is 0.660. The number of fused-ring (bicyclic) bond motifs is 2. The molecule has 0 saturated heterocycles. The van der Waals surface area contributed by atoms with Crippen molar-refractivity contribution in [3.8, 4) is 0 Å². The van der Waals surface area contributed by atoms with Gasteiger partial charge in [0.25, 0.3) is 0 Å². The maximum Gasteiger partial charge on any atom is 0.167 e. The third kappa shape index (κ3) is 3.03. The first-order valence-corrected chi connectivity index (χ1v) is 10.7. The molecule has 0 fully saturated rings. The molecule has 1 heterocycles. The molecule has 0 bridgehead atoms. The Hall–Kier alpha value is -2.88. The summed E-state index contributed by atoms with van der Waals surface area (Å²) < 4.78 is 6.96. The van der Waals surface area contributed by atoms with Crippen LogP contribution in [-0.4, -0.2) is 0 Å². The molecule has 0 aliphatic carbocycles. The minimum atomic E-state index is -0.201. The molecule has 5 rings (SSSR count). The Labute approximate surface area is 171 Å². The molecule has 0 aliphatic heterocycles. The highest BCUT2D eigenvalue weighted by molar-refractivity contribution is 7.97. The van der Waals surface area contributed by atoms with E-state index in [2.05, 4.69) is 78.9 Å². The van der Waals surface area contributed by atoms with Crippen LogP contribution in [0.4, 0.5) is 0 Å². The van der Waals surface area contributed by atoms with Gasteiger partial charge in [-0.15, -0.1) is 0 Å². The zero-order valence-corrected chi connectivity index (χ0v) is 16.7. The fourth-order valence-corrected chi connectivity index (χ4v) is 5.87. The van der Waals surface area contributed by atoms with Gasteiger partial charge >= 0.3 is 0 Å². The van der Waals surface area contributed by atoms with E-state index in [9.17, 15) is 0 Å². The maximum atomic E-state index is 6.11. The molecular weight excluding hydrogens is 380 g/mol. The fourth-order valence-electron chi connectivity index (χ4n) is 3.43. The summed E-state index contributed by atoms with van der Waals surface area (Å²) in [5.41, 5.74) is 1.66. The highest BCUT2D eigenvalue weighted by Gasteiger charge is 2.28. The molecule has 28 heavy (non-hydrogen) atoms. The Morgan fingerprint density at radius 1 is 0.536 bits per heavy atom. The molecule has 0 amide bonds. The molecule has 0 radical (unpaired) electrons. The largest absolute Gasteiger partial charge is 0.456 e. The van der Waals surface area contributed by atoms with Crippen molar-refractivity contribution >= 4 is 45.1 Å². The van der Waals surface area contributed by atoms with Crippen LogP contribution in [0, 0.1) is 4.51 Å². The Balaban J connectivity index is 1.76. The van der Waals surface area contributed by atoms with E-state index in [1.54, 1.807) is 0 Å². The quantitative estimate of drug-likeness (QED) is 0.179. The van der Waals surface area contributed by atoms with Gasteiger partial charge in [0, 0.05) is 16.8 Å². The first-order chi connectivity index (χ1) is 13.8. The van der Waals surface area contributed by atoms with Crippen LogP contribution in [0.3, 0.4) is 0 Å². The average Bonchev–Trinajstić information content (AvgIpc) is 2.76. The van der Waals surface area contributed by atoms with Crippen molar-refractivity contribution in [3.05, 3.63) is 108 Å². The van der Waals surface area contributed by atoms with Gasteiger partial charge in [0.15, 0.2) is 14.7 Å². The van der Waals surface area contributed by atoms with Crippen LogP contribution in [-0.2, 0) is 10.9 Å². The van der Waals surface area contributed by atoms with E-state index >= 15 is 0 Å². The van der Waals surface area contributed by atoms with Crippen LogP contribution in [0.25, 0.3) is 21.9 Å². The predicted molar refractivity (Wildman–Crippen MR) is 120 cm³/mol. The van der Waals surface area contributed by atoms with Gasteiger partial charge < -0.3 is 4.42 Å². The minimum absolute atomic E-state index is 0.201. The summed E-state index contributed by atoms with van der Waals surface area (Å²) in [5, 5.41) is 1.98.